The predicted octanol–water partition coefficient (Wildman–Crippen LogP) is 7.24. The maximum atomic E-state index is 13.3. The maximum absolute atomic E-state index is 13.3. The molecule has 2 aliphatic heterocycles. The third-order valence-corrected chi connectivity index (χ3v) is 9.95. The van der Waals surface area contributed by atoms with Crippen LogP contribution in [0.5, 0.6) is 0 Å². The summed E-state index contributed by atoms with van der Waals surface area (Å²) in [5.41, 5.74) is 1.62. The molecule has 2 fully saturated rings. The summed E-state index contributed by atoms with van der Waals surface area (Å²) < 4.78 is 5.00. The fourth-order valence-electron chi connectivity index (χ4n) is 5.09. The predicted molar refractivity (Wildman–Crippen MR) is 164 cm³/mol. The van der Waals surface area contributed by atoms with Crippen molar-refractivity contribution < 1.29 is 24.2 Å². The molecule has 216 valence electrons. The van der Waals surface area contributed by atoms with Crippen LogP contribution in [0.3, 0.4) is 0 Å². The van der Waals surface area contributed by atoms with Gasteiger partial charge in [-0.2, -0.15) is 0 Å². The zero-order chi connectivity index (χ0) is 29.4. The third-order valence-electron chi connectivity index (χ3n) is 7.01. The quantitative estimate of drug-likeness (QED) is 0.204. The molecule has 2 amide bonds. The molecule has 1 aromatic carbocycles. The van der Waals surface area contributed by atoms with E-state index in [4.69, 9.17) is 44.5 Å². The zero-order valence-corrected chi connectivity index (χ0v) is 25.9. The number of fused-ring (bicyclic) bond motifs is 1. The van der Waals surface area contributed by atoms with Crippen LogP contribution in [0.25, 0.3) is 16.6 Å². The van der Waals surface area contributed by atoms with Crippen molar-refractivity contribution >= 4 is 91.7 Å². The van der Waals surface area contributed by atoms with Gasteiger partial charge in [0.15, 0.2) is 5.13 Å². The van der Waals surface area contributed by atoms with Gasteiger partial charge < -0.3 is 19.6 Å². The highest BCUT2D eigenvalue weighted by Gasteiger charge is 2.44. The van der Waals surface area contributed by atoms with E-state index in [2.05, 4.69) is 10.2 Å². The first-order valence-corrected chi connectivity index (χ1v) is 15.5. The molecule has 9 nitrogen and oxygen atoms in total. The first kappa shape index (κ1) is 29.7. The molecule has 0 radical (unpaired) electrons. The molecule has 0 bridgehead atoms. The Morgan fingerprint density at radius 2 is 1.93 bits per heavy atom. The van der Waals surface area contributed by atoms with Gasteiger partial charge >= 0.3 is 12.1 Å². The van der Waals surface area contributed by atoms with Crippen LogP contribution in [-0.2, 0) is 9.53 Å². The van der Waals surface area contributed by atoms with E-state index in [1.165, 1.54) is 45.8 Å². The van der Waals surface area contributed by atoms with Crippen LogP contribution in [0.4, 0.5) is 14.9 Å². The molecular formula is C27H25Cl3N4O5S2. The molecule has 2 atom stereocenters. The number of halogens is 3. The van der Waals surface area contributed by atoms with E-state index in [0.29, 0.717) is 46.6 Å². The summed E-state index contributed by atoms with van der Waals surface area (Å²) in [6.45, 7) is 5.33. The number of anilines is 2. The number of carboxylic acid groups (broad SMARTS) is 1. The number of nitrogens with one attached hydrogen (secondary N) is 1. The molecule has 0 spiro atoms. The van der Waals surface area contributed by atoms with Crippen LogP contribution < -0.4 is 10.2 Å². The molecule has 2 saturated heterocycles. The lowest BCUT2D eigenvalue weighted by atomic mass is 10.1. The number of carbonyl (C=O) groups is 3. The van der Waals surface area contributed by atoms with Crippen molar-refractivity contribution in [3.05, 3.63) is 55.3 Å². The topological polar surface area (TPSA) is 112 Å². The van der Waals surface area contributed by atoms with Gasteiger partial charge in [0, 0.05) is 47.6 Å². The molecule has 2 aromatic heterocycles. The van der Waals surface area contributed by atoms with E-state index in [1.54, 1.807) is 13.8 Å². The van der Waals surface area contributed by atoms with Crippen molar-refractivity contribution in [1.82, 2.24) is 9.88 Å². The van der Waals surface area contributed by atoms with Gasteiger partial charge in [-0.05, 0) is 44.5 Å². The summed E-state index contributed by atoms with van der Waals surface area (Å²) in [6, 6.07) is 4.69. The van der Waals surface area contributed by atoms with E-state index in [9.17, 15) is 19.5 Å². The number of esters is 1. The van der Waals surface area contributed by atoms with Crippen LogP contribution in [0, 0.1) is 5.92 Å². The van der Waals surface area contributed by atoms with Crippen LogP contribution in [0.15, 0.2) is 29.2 Å². The Bertz CT molecular complexity index is 1530. The van der Waals surface area contributed by atoms with E-state index in [-0.39, 0.29) is 34.2 Å². The smallest absolute Gasteiger partial charge is 0.407 e. The molecule has 0 unspecified atom stereocenters. The van der Waals surface area contributed by atoms with Gasteiger partial charge in [-0.3, -0.25) is 10.1 Å². The second-order valence-electron chi connectivity index (χ2n) is 9.65. The Morgan fingerprint density at radius 3 is 2.56 bits per heavy atom. The van der Waals surface area contributed by atoms with Crippen LogP contribution in [-0.4, -0.2) is 65.2 Å². The van der Waals surface area contributed by atoms with Gasteiger partial charge in [0.1, 0.15) is 10.7 Å². The fourth-order valence-corrected chi connectivity index (χ4v) is 7.80. The van der Waals surface area contributed by atoms with Crippen molar-refractivity contribution in [1.29, 1.82) is 0 Å². The van der Waals surface area contributed by atoms with Crippen molar-refractivity contribution in [2.45, 2.75) is 26.3 Å². The number of thiophene rings is 1. The molecular weight excluding hydrogens is 631 g/mol. The summed E-state index contributed by atoms with van der Waals surface area (Å²) in [4.78, 5) is 46.2. The molecule has 3 aromatic rings. The average Bonchev–Trinajstić information content (AvgIpc) is 3.69. The lowest BCUT2D eigenvalue weighted by Gasteiger charge is -2.22. The largest absolute Gasteiger partial charge is 0.465 e. The number of amides is 2. The van der Waals surface area contributed by atoms with Gasteiger partial charge in [-0.25, -0.2) is 14.6 Å². The summed E-state index contributed by atoms with van der Waals surface area (Å²) in [6.07, 6.45) is 1.42. The highest BCUT2D eigenvalue weighted by molar-refractivity contribution is 7.21. The van der Waals surface area contributed by atoms with Crippen LogP contribution >= 0.6 is 57.5 Å². The number of thiazole rings is 1. The van der Waals surface area contributed by atoms with Crippen molar-refractivity contribution in [3.8, 4) is 10.6 Å². The Balaban J connectivity index is 1.40. The number of rotatable bonds is 7. The number of hydrogen-bond acceptors (Lipinski definition) is 8. The number of ether oxygens (including phenoxy) is 1. The van der Waals surface area contributed by atoms with Crippen molar-refractivity contribution in [2.24, 2.45) is 5.92 Å². The lowest BCUT2D eigenvalue weighted by Crippen LogP contribution is -2.38. The van der Waals surface area contributed by atoms with Gasteiger partial charge in [-0.1, -0.05) is 46.1 Å². The second-order valence-corrected chi connectivity index (χ2v) is 12.8. The summed E-state index contributed by atoms with van der Waals surface area (Å²) in [7, 11) is 0. The number of likely N-dealkylation sites (tertiary alicyclic amines) is 1. The summed E-state index contributed by atoms with van der Waals surface area (Å²) >= 11 is 21.9. The first-order chi connectivity index (χ1) is 19.5. The van der Waals surface area contributed by atoms with Gasteiger partial charge in [0.05, 0.1) is 32.6 Å². The van der Waals surface area contributed by atoms with Crippen LogP contribution in [0.1, 0.15) is 36.2 Å². The standard InChI is InChI=1S/C27H25Cl3N4O5S2/c1-3-39-25(36)13(2)6-17-18(29)7-15(8-19(17)30)23(35)32-26-31-22(21-9-16(28)12-40-21)24(41-26)33-10-14-4-5-34(27(37)38)20(14)11-33/h6-9,12,14,20H,3-5,10-11H2,1-2H3,(H,37,38)(H,31,32,35)/b13-6+/t14-,20+/m0/s1. The van der Waals surface area contributed by atoms with Crippen molar-refractivity contribution in [3.63, 3.8) is 0 Å². The number of hydrogen-bond donors (Lipinski definition) is 2. The molecule has 41 heavy (non-hydrogen) atoms. The SMILES string of the molecule is CCOC(=O)/C(C)=C/c1c(Cl)cc(C(=O)Nc2nc(-c3cc(Cl)cs3)c(N3C[C@@H]4CCN(C(=O)O)[C@@H]4C3)s2)cc1Cl. The van der Waals surface area contributed by atoms with Crippen LogP contribution in [0.2, 0.25) is 15.1 Å². The summed E-state index contributed by atoms with van der Waals surface area (Å²) in [5.74, 6) is -0.714. The first-order valence-electron chi connectivity index (χ1n) is 12.7. The van der Waals surface area contributed by atoms with E-state index < -0.39 is 18.0 Å². The Kier molecular flexibility index (Phi) is 8.81. The van der Waals surface area contributed by atoms with Crippen molar-refractivity contribution in [2.75, 3.05) is 36.5 Å². The normalized spacial score (nSPS) is 18.5. The van der Waals surface area contributed by atoms with E-state index in [0.717, 1.165) is 16.3 Å². The highest BCUT2D eigenvalue weighted by atomic mass is 35.5. The van der Waals surface area contributed by atoms with Gasteiger partial charge in [0.2, 0.25) is 0 Å². The molecule has 0 saturated carbocycles. The molecule has 14 heteroatoms. The Hall–Kier alpha value is -2.83. The second kappa shape index (κ2) is 12.2. The minimum absolute atomic E-state index is 0.0864. The summed E-state index contributed by atoms with van der Waals surface area (Å²) in [5, 5.41) is 16.5. The van der Waals surface area contributed by atoms with Gasteiger partial charge in [0.25, 0.3) is 5.91 Å². The molecule has 2 N–H and O–H groups in total. The number of nitrogens with zero attached hydrogens (tertiary/aromatic N) is 3. The molecule has 4 heterocycles. The fraction of sp³-hybridized carbons (Fsp3) is 0.333. The Morgan fingerprint density at radius 1 is 1.20 bits per heavy atom. The zero-order valence-electron chi connectivity index (χ0n) is 21.9. The number of carbonyl (C=O) groups excluding carboxylic acids is 2. The monoisotopic (exact) mass is 654 g/mol. The average molecular weight is 656 g/mol. The van der Waals surface area contributed by atoms with E-state index in [1.807, 2.05) is 11.4 Å². The number of benzene rings is 1. The lowest BCUT2D eigenvalue weighted by molar-refractivity contribution is -0.138. The van der Waals surface area contributed by atoms with E-state index >= 15 is 0 Å². The molecule has 0 aliphatic carbocycles. The van der Waals surface area contributed by atoms with Gasteiger partial charge in [-0.15, -0.1) is 11.3 Å². The minimum Gasteiger partial charge on any atom is -0.465 e. The highest BCUT2D eigenvalue weighted by Crippen LogP contribution is 2.45. The third kappa shape index (κ3) is 6.19. The minimum atomic E-state index is -0.906. The number of aromatic nitrogens is 1. The maximum Gasteiger partial charge on any atom is 0.407 e. The molecule has 5 rings (SSSR count). The molecule has 2 aliphatic rings. The Labute approximate surface area is 259 Å².